The molecule has 0 amide bonds. The zero-order chi connectivity index (χ0) is 12.1. The first-order valence-corrected chi connectivity index (χ1v) is 5.89. The number of oxime groups is 1. The fraction of sp³-hybridized carbons (Fsp3) is 0.500. The lowest BCUT2D eigenvalue weighted by Gasteiger charge is -2.13. The van der Waals surface area contributed by atoms with E-state index in [1.54, 1.807) is 18.0 Å². The Bertz CT molecular complexity index is 364. The largest absolute Gasteiger partial charge is 0.409 e. The molecule has 0 aliphatic heterocycles. The smallest absolute Gasteiger partial charge is 0.190 e. The van der Waals surface area contributed by atoms with Crippen LogP contribution < -0.4 is 5.73 Å². The number of nitrogens with zero attached hydrogens (tertiary/aromatic N) is 3. The van der Waals surface area contributed by atoms with Crippen molar-refractivity contribution in [3.8, 4) is 0 Å². The summed E-state index contributed by atoms with van der Waals surface area (Å²) in [6, 6.07) is 0. The second-order valence-electron chi connectivity index (χ2n) is 3.79. The predicted octanol–water partition coefficient (Wildman–Crippen LogP) is 1.71. The summed E-state index contributed by atoms with van der Waals surface area (Å²) in [6.45, 7) is 6.47. The fourth-order valence-corrected chi connectivity index (χ4v) is 1.77. The normalized spacial score (nSPS) is 14.1. The van der Waals surface area contributed by atoms with E-state index in [1.807, 2.05) is 0 Å². The SMILES string of the molecule is CC(C)C(C)Sc1cnc(C(N)=NO)cn1. The molecular formula is C10H16N4OS. The first kappa shape index (κ1) is 12.8. The summed E-state index contributed by atoms with van der Waals surface area (Å²) in [5.74, 6) is 0.552. The predicted molar refractivity (Wildman–Crippen MR) is 64.7 cm³/mol. The molecule has 0 bridgehead atoms. The highest BCUT2D eigenvalue weighted by Crippen LogP contribution is 2.25. The van der Waals surface area contributed by atoms with E-state index in [2.05, 4.69) is 35.9 Å². The summed E-state index contributed by atoms with van der Waals surface area (Å²) in [5.41, 5.74) is 5.76. The Hall–Kier alpha value is -1.30. The molecule has 0 saturated heterocycles. The van der Waals surface area contributed by atoms with Gasteiger partial charge in [-0.15, -0.1) is 11.8 Å². The van der Waals surface area contributed by atoms with Crippen molar-refractivity contribution in [3.05, 3.63) is 18.1 Å². The molecule has 3 N–H and O–H groups in total. The summed E-state index contributed by atoms with van der Waals surface area (Å²) in [6.07, 6.45) is 3.14. The molecule has 1 aromatic heterocycles. The Kier molecular flexibility index (Phi) is 4.54. The number of hydrogen-bond acceptors (Lipinski definition) is 5. The molecule has 0 aromatic carbocycles. The number of nitrogens with two attached hydrogens (primary N) is 1. The molecular weight excluding hydrogens is 224 g/mol. The fourth-order valence-electron chi connectivity index (χ4n) is 0.887. The van der Waals surface area contributed by atoms with Crippen LogP contribution in [0.2, 0.25) is 0 Å². The van der Waals surface area contributed by atoms with Crippen molar-refractivity contribution in [2.24, 2.45) is 16.8 Å². The summed E-state index contributed by atoms with van der Waals surface area (Å²) >= 11 is 1.66. The summed E-state index contributed by atoms with van der Waals surface area (Å²) in [7, 11) is 0. The maximum Gasteiger partial charge on any atom is 0.190 e. The molecule has 88 valence electrons. The average Bonchev–Trinajstić information content (AvgIpc) is 2.28. The maximum absolute atomic E-state index is 8.47. The number of amidine groups is 1. The Morgan fingerprint density at radius 1 is 1.38 bits per heavy atom. The lowest BCUT2D eigenvalue weighted by atomic mass is 10.2. The number of rotatable bonds is 4. The Labute approximate surface area is 99.2 Å². The van der Waals surface area contributed by atoms with Crippen LogP contribution in [0.4, 0.5) is 0 Å². The van der Waals surface area contributed by atoms with Crippen LogP contribution in [0.5, 0.6) is 0 Å². The van der Waals surface area contributed by atoms with Gasteiger partial charge in [-0.3, -0.25) is 0 Å². The molecule has 0 aliphatic rings. The molecule has 1 unspecified atom stereocenters. The molecule has 0 radical (unpaired) electrons. The lowest BCUT2D eigenvalue weighted by Crippen LogP contribution is -2.15. The topological polar surface area (TPSA) is 84.4 Å². The van der Waals surface area contributed by atoms with Crippen LogP contribution >= 0.6 is 11.8 Å². The van der Waals surface area contributed by atoms with Crippen molar-refractivity contribution in [1.29, 1.82) is 0 Å². The van der Waals surface area contributed by atoms with Gasteiger partial charge in [0.2, 0.25) is 0 Å². The molecule has 1 heterocycles. The van der Waals surface area contributed by atoms with E-state index >= 15 is 0 Å². The van der Waals surface area contributed by atoms with Gasteiger partial charge in [-0.25, -0.2) is 9.97 Å². The zero-order valence-electron chi connectivity index (χ0n) is 9.58. The number of thioether (sulfide) groups is 1. The van der Waals surface area contributed by atoms with E-state index in [0.717, 1.165) is 5.03 Å². The van der Waals surface area contributed by atoms with Gasteiger partial charge in [0.1, 0.15) is 10.7 Å². The molecule has 0 fully saturated rings. The minimum Gasteiger partial charge on any atom is -0.409 e. The van der Waals surface area contributed by atoms with Crippen molar-refractivity contribution < 1.29 is 5.21 Å². The monoisotopic (exact) mass is 240 g/mol. The quantitative estimate of drug-likeness (QED) is 0.275. The van der Waals surface area contributed by atoms with Gasteiger partial charge in [0, 0.05) is 5.25 Å². The van der Waals surface area contributed by atoms with Gasteiger partial charge in [-0.05, 0) is 5.92 Å². The van der Waals surface area contributed by atoms with Crippen LogP contribution in [0.3, 0.4) is 0 Å². The van der Waals surface area contributed by atoms with Crippen LogP contribution in [0.1, 0.15) is 26.5 Å². The summed E-state index contributed by atoms with van der Waals surface area (Å²) in [4.78, 5) is 8.26. The zero-order valence-corrected chi connectivity index (χ0v) is 10.4. The van der Waals surface area contributed by atoms with E-state index in [0.29, 0.717) is 16.9 Å². The van der Waals surface area contributed by atoms with Gasteiger partial charge in [-0.1, -0.05) is 25.9 Å². The summed E-state index contributed by atoms with van der Waals surface area (Å²) in [5, 5.41) is 12.6. The lowest BCUT2D eigenvalue weighted by molar-refractivity contribution is 0.318. The Balaban J connectivity index is 2.72. The molecule has 0 spiro atoms. The second kappa shape index (κ2) is 5.69. The first-order chi connectivity index (χ1) is 7.54. The minimum absolute atomic E-state index is 0.0269. The average molecular weight is 240 g/mol. The molecule has 1 aromatic rings. The van der Waals surface area contributed by atoms with Gasteiger partial charge in [0.15, 0.2) is 5.84 Å². The molecule has 6 heteroatoms. The van der Waals surface area contributed by atoms with Crippen LogP contribution in [-0.2, 0) is 0 Å². The van der Waals surface area contributed by atoms with Gasteiger partial charge in [0.25, 0.3) is 0 Å². The van der Waals surface area contributed by atoms with E-state index in [-0.39, 0.29) is 5.84 Å². The molecule has 1 rings (SSSR count). The van der Waals surface area contributed by atoms with Crippen molar-refractivity contribution in [2.45, 2.75) is 31.0 Å². The van der Waals surface area contributed by atoms with Crippen molar-refractivity contribution in [3.63, 3.8) is 0 Å². The van der Waals surface area contributed by atoms with Gasteiger partial charge in [0.05, 0.1) is 12.4 Å². The summed E-state index contributed by atoms with van der Waals surface area (Å²) < 4.78 is 0. The number of aromatic nitrogens is 2. The van der Waals surface area contributed by atoms with E-state index < -0.39 is 0 Å². The van der Waals surface area contributed by atoms with E-state index in [9.17, 15) is 0 Å². The van der Waals surface area contributed by atoms with Crippen LogP contribution in [0.15, 0.2) is 22.6 Å². The van der Waals surface area contributed by atoms with Gasteiger partial charge >= 0.3 is 0 Å². The standard InChI is InChI=1S/C10H16N4OS/c1-6(2)7(3)16-9-5-12-8(4-13-9)10(11)14-15/h4-7,15H,1-3H3,(H2,11,14). The molecule has 5 nitrogen and oxygen atoms in total. The molecule has 0 aliphatic carbocycles. The maximum atomic E-state index is 8.47. The Morgan fingerprint density at radius 3 is 2.50 bits per heavy atom. The highest BCUT2D eigenvalue weighted by Gasteiger charge is 2.10. The van der Waals surface area contributed by atoms with Crippen molar-refractivity contribution >= 4 is 17.6 Å². The minimum atomic E-state index is -0.0269. The van der Waals surface area contributed by atoms with Crippen molar-refractivity contribution in [2.75, 3.05) is 0 Å². The highest BCUT2D eigenvalue weighted by atomic mass is 32.2. The molecule has 1 atom stereocenters. The van der Waals surface area contributed by atoms with E-state index in [4.69, 9.17) is 10.9 Å². The molecule has 0 saturated carbocycles. The highest BCUT2D eigenvalue weighted by molar-refractivity contribution is 7.99. The third-order valence-corrected chi connectivity index (χ3v) is 3.61. The van der Waals surface area contributed by atoms with Crippen molar-refractivity contribution in [1.82, 2.24) is 9.97 Å². The third kappa shape index (κ3) is 3.37. The molecule has 16 heavy (non-hydrogen) atoms. The van der Waals surface area contributed by atoms with Crippen LogP contribution in [-0.4, -0.2) is 26.3 Å². The first-order valence-electron chi connectivity index (χ1n) is 5.01. The third-order valence-electron chi connectivity index (χ3n) is 2.24. The van der Waals surface area contributed by atoms with Gasteiger partial charge < -0.3 is 10.9 Å². The van der Waals surface area contributed by atoms with Crippen LogP contribution in [0.25, 0.3) is 0 Å². The Morgan fingerprint density at radius 2 is 2.06 bits per heavy atom. The van der Waals surface area contributed by atoms with E-state index in [1.165, 1.54) is 6.20 Å². The van der Waals surface area contributed by atoms with Gasteiger partial charge in [-0.2, -0.15) is 0 Å². The second-order valence-corrected chi connectivity index (χ2v) is 5.19. The number of hydrogen-bond donors (Lipinski definition) is 2. The van der Waals surface area contributed by atoms with Crippen LogP contribution in [0, 0.1) is 5.92 Å².